The normalized spacial score (nSPS) is 14.5. The molecule has 1 unspecified atom stereocenters. The number of nitrogens with one attached hydrogen (secondary N) is 1. The number of carbonyl (C=O) groups is 2. The lowest BCUT2D eigenvalue weighted by molar-refractivity contribution is -0.139. The highest BCUT2D eigenvalue weighted by Gasteiger charge is 2.34. The van der Waals surface area contributed by atoms with E-state index >= 15 is 0 Å². The zero-order chi connectivity index (χ0) is 27.8. The molecule has 3 aromatic rings. The molecule has 1 atom stereocenters. The summed E-state index contributed by atoms with van der Waals surface area (Å²) in [5.41, 5.74) is 0.738. The molecule has 1 saturated carbocycles. The zero-order valence-electron chi connectivity index (χ0n) is 22.0. The molecule has 1 N–H and O–H groups in total. The lowest BCUT2D eigenvalue weighted by Gasteiger charge is -2.32. The molecule has 0 radical (unpaired) electrons. The number of halogens is 1. The monoisotopic (exact) mass is 551 g/mol. The second kappa shape index (κ2) is 12.9. The van der Waals surface area contributed by atoms with E-state index in [0.717, 1.165) is 41.6 Å². The summed E-state index contributed by atoms with van der Waals surface area (Å²) in [7, 11) is -4.29. The summed E-state index contributed by atoms with van der Waals surface area (Å²) in [6.07, 6.45) is 4.36. The fraction of sp³-hybridized carbons (Fsp3) is 0.333. The molecular weight excluding hydrogens is 517 g/mol. The third-order valence-electron chi connectivity index (χ3n) is 7.08. The van der Waals surface area contributed by atoms with Crippen LogP contribution in [-0.2, 0) is 26.0 Å². The number of hydrogen-bond donors (Lipinski definition) is 1. The van der Waals surface area contributed by atoms with Gasteiger partial charge in [0.15, 0.2) is 0 Å². The van der Waals surface area contributed by atoms with Crippen molar-refractivity contribution < 1.29 is 22.4 Å². The molecule has 4 rings (SSSR count). The van der Waals surface area contributed by atoms with Crippen molar-refractivity contribution >= 4 is 27.5 Å². The van der Waals surface area contributed by atoms with Gasteiger partial charge in [-0.2, -0.15) is 0 Å². The first-order chi connectivity index (χ1) is 18.8. The Balaban J connectivity index is 1.64. The highest BCUT2D eigenvalue weighted by atomic mass is 32.2. The van der Waals surface area contributed by atoms with Crippen molar-refractivity contribution in [3.05, 3.63) is 96.3 Å². The average molecular weight is 552 g/mol. The summed E-state index contributed by atoms with van der Waals surface area (Å²) >= 11 is 0. The topological polar surface area (TPSA) is 86.8 Å². The van der Waals surface area contributed by atoms with Crippen LogP contribution in [-0.4, -0.2) is 50.3 Å². The van der Waals surface area contributed by atoms with Crippen LogP contribution in [0.3, 0.4) is 0 Å². The Morgan fingerprint density at radius 2 is 1.51 bits per heavy atom. The fourth-order valence-corrected chi connectivity index (χ4v) is 6.29. The molecule has 0 aliphatic heterocycles. The highest BCUT2D eigenvalue weighted by Crippen LogP contribution is 2.27. The van der Waals surface area contributed by atoms with Crippen LogP contribution >= 0.6 is 0 Å². The van der Waals surface area contributed by atoms with Gasteiger partial charge in [-0.15, -0.1) is 0 Å². The van der Waals surface area contributed by atoms with E-state index in [1.165, 1.54) is 35.2 Å². The maximum Gasteiger partial charge on any atom is 0.264 e. The van der Waals surface area contributed by atoms with E-state index < -0.39 is 34.3 Å². The molecule has 39 heavy (non-hydrogen) atoms. The third-order valence-corrected chi connectivity index (χ3v) is 8.86. The summed E-state index contributed by atoms with van der Waals surface area (Å²) in [6.45, 7) is 1.18. The second-order valence-corrected chi connectivity index (χ2v) is 11.6. The van der Waals surface area contributed by atoms with Crippen molar-refractivity contribution in [2.24, 2.45) is 0 Å². The number of para-hydroxylation sites is 1. The van der Waals surface area contributed by atoms with E-state index in [1.807, 2.05) is 30.3 Å². The lowest BCUT2D eigenvalue weighted by Crippen LogP contribution is -2.53. The summed E-state index contributed by atoms with van der Waals surface area (Å²) in [5.74, 6) is -1.65. The molecule has 0 bridgehead atoms. The number of sulfonamides is 1. The molecule has 1 fully saturated rings. The van der Waals surface area contributed by atoms with E-state index in [0.29, 0.717) is 6.42 Å². The minimum absolute atomic E-state index is 0.0658. The van der Waals surface area contributed by atoms with Crippen LogP contribution in [0.1, 0.15) is 38.2 Å². The van der Waals surface area contributed by atoms with Crippen LogP contribution in [0.2, 0.25) is 0 Å². The minimum atomic E-state index is -4.29. The predicted molar refractivity (Wildman–Crippen MR) is 149 cm³/mol. The van der Waals surface area contributed by atoms with Gasteiger partial charge < -0.3 is 10.2 Å². The predicted octanol–water partition coefficient (Wildman–Crippen LogP) is 4.54. The molecular formula is C30H34FN3O4S. The molecule has 0 heterocycles. The van der Waals surface area contributed by atoms with Crippen LogP contribution < -0.4 is 9.62 Å². The summed E-state index contributed by atoms with van der Waals surface area (Å²) in [6, 6.07) is 21.8. The SMILES string of the molecule is CC(C(=O)NC1CCCC1)N(CCc1ccccc1)C(=O)CN(c1ccccc1F)S(=O)(=O)c1ccccc1. The number of hydrogen-bond acceptors (Lipinski definition) is 4. The van der Waals surface area contributed by atoms with Crippen molar-refractivity contribution in [3.8, 4) is 0 Å². The lowest BCUT2D eigenvalue weighted by atomic mass is 10.1. The van der Waals surface area contributed by atoms with Crippen molar-refractivity contribution in [2.75, 3.05) is 17.4 Å². The second-order valence-electron chi connectivity index (χ2n) is 9.76. The Kier molecular flexibility index (Phi) is 9.35. The van der Waals surface area contributed by atoms with Crippen molar-refractivity contribution in [3.63, 3.8) is 0 Å². The van der Waals surface area contributed by atoms with Gasteiger partial charge >= 0.3 is 0 Å². The van der Waals surface area contributed by atoms with Crippen molar-refractivity contribution in [1.82, 2.24) is 10.2 Å². The van der Waals surface area contributed by atoms with Gasteiger partial charge in [0, 0.05) is 12.6 Å². The Hall–Kier alpha value is -3.72. The van der Waals surface area contributed by atoms with Gasteiger partial charge in [0.05, 0.1) is 10.6 Å². The first-order valence-electron chi connectivity index (χ1n) is 13.2. The molecule has 0 aromatic heterocycles. The number of nitrogens with zero attached hydrogens (tertiary/aromatic N) is 2. The average Bonchev–Trinajstić information content (AvgIpc) is 3.46. The Morgan fingerprint density at radius 1 is 0.923 bits per heavy atom. The van der Waals surface area contributed by atoms with E-state index in [1.54, 1.807) is 25.1 Å². The molecule has 2 amide bonds. The maximum atomic E-state index is 14.9. The Morgan fingerprint density at radius 3 is 2.15 bits per heavy atom. The molecule has 0 saturated heterocycles. The fourth-order valence-electron chi connectivity index (χ4n) is 4.85. The van der Waals surface area contributed by atoms with E-state index in [-0.39, 0.29) is 29.1 Å². The number of rotatable bonds is 11. The van der Waals surface area contributed by atoms with E-state index in [2.05, 4.69) is 5.32 Å². The minimum Gasteiger partial charge on any atom is -0.352 e. The van der Waals surface area contributed by atoms with Gasteiger partial charge in [0.1, 0.15) is 18.4 Å². The Labute approximate surface area is 229 Å². The molecule has 0 spiro atoms. The number of carbonyl (C=O) groups excluding carboxylic acids is 2. The Bertz CT molecular complexity index is 1360. The smallest absolute Gasteiger partial charge is 0.264 e. The highest BCUT2D eigenvalue weighted by molar-refractivity contribution is 7.92. The van der Waals surface area contributed by atoms with Gasteiger partial charge in [-0.05, 0) is 56.0 Å². The molecule has 9 heteroatoms. The summed E-state index contributed by atoms with van der Waals surface area (Å²) < 4.78 is 43.0. The quantitative estimate of drug-likeness (QED) is 0.379. The summed E-state index contributed by atoms with van der Waals surface area (Å²) in [4.78, 5) is 28.4. The zero-order valence-corrected chi connectivity index (χ0v) is 22.8. The van der Waals surface area contributed by atoms with Crippen molar-refractivity contribution in [2.45, 2.75) is 56.0 Å². The van der Waals surface area contributed by atoms with Crippen LogP contribution in [0.15, 0.2) is 89.8 Å². The van der Waals surface area contributed by atoms with Gasteiger partial charge in [0.2, 0.25) is 11.8 Å². The van der Waals surface area contributed by atoms with E-state index in [9.17, 15) is 22.4 Å². The summed E-state index contributed by atoms with van der Waals surface area (Å²) in [5, 5.41) is 3.04. The van der Waals surface area contributed by atoms with Crippen molar-refractivity contribution in [1.29, 1.82) is 0 Å². The van der Waals surface area contributed by atoms with Gasteiger partial charge in [-0.25, -0.2) is 12.8 Å². The molecule has 206 valence electrons. The molecule has 3 aromatic carbocycles. The third kappa shape index (κ3) is 7.03. The van der Waals surface area contributed by atoms with Crippen LogP contribution in [0.4, 0.5) is 10.1 Å². The van der Waals surface area contributed by atoms with Gasteiger partial charge in [0.25, 0.3) is 10.0 Å². The number of anilines is 1. The molecule has 1 aliphatic carbocycles. The largest absolute Gasteiger partial charge is 0.352 e. The maximum absolute atomic E-state index is 14.9. The van der Waals surface area contributed by atoms with Crippen LogP contribution in [0.25, 0.3) is 0 Å². The standard InChI is InChI=1S/C30H34FN3O4S/c1-23(30(36)32-25-14-8-9-15-25)33(21-20-24-12-4-2-5-13-24)29(35)22-34(28-19-11-10-18-27(28)31)39(37,38)26-16-6-3-7-17-26/h2-7,10-13,16-19,23,25H,8-9,14-15,20-22H2,1H3,(H,32,36). The molecule has 7 nitrogen and oxygen atoms in total. The number of amides is 2. The number of benzene rings is 3. The van der Waals surface area contributed by atoms with Gasteiger partial charge in [-0.1, -0.05) is 73.5 Å². The first kappa shape index (κ1) is 28.3. The first-order valence-corrected chi connectivity index (χ1v) is 14.7. The molecule has 1 aliphatic rings. The van der Waals surface area contributed by atoms with Crippen LogP contribution in [0.5, 0.6) is 0 Å². The van der Waals surface area contributed by atoms with E-state index in [4.69, 9.17) is 0 Å². The van der Waals surface area contributed by atoms with Gasteiger partial charge in [-0.3, -0.25) is 13.9 Å². The van der Waals surface area contributed by atoms with Crippen LogP contribution in [0, 0.1) is 5.82 Å².